The number of carboxylic acids is 1. The van der Waals surface area contributed by atoms with E-state index < -0.39 is 19.0 Å². The van der Waals surface area contributed by atoms with Crippen LogP contribution in [0.15, 0.2) is 36.5 Å². The Hall–Kier alpha value is -3.01. The van der Waals surface area contributed by atoms with Gasteiger partial charge in [-0.2, -0.15) is 0 Å². The number of aliphatic hydroxyl groups excluding tert-OH is 1. The van der Waals surface area contributed by atoms with E-state index in [2.05, 4.69) is 9.88 Å². The lowest BCUT2D eigenvalue weighted by Crippen LogP contribution is -2.49. The molecule has 3 aromatic rings. The number of halogens is 2. The first-order valence-electron chi connectivity index (χ1n) is 11.2. The first-order chi connectivity index (χ1) is 16.3. The molecule has 0 radical (unpaired) electrons. The summed E-state index contributed by atoms with van der Waals surface area (Å²) in [6, 6.07) is 8.59. The average Bonchev–Trinajstić information content (AvgIpc) is 3.31. The number of aromatic amines is 1. The molecule has 2 heterocycles. The quantitative estimate of drug-likeness (QED) is 0.461. The van der Waals surface area contributed by atoms with Gasteiger partial charge in [-0.15, -0.1) is 0 Å². The van der Waals surface area contributed by atoms with Gasteiger partial charge >= 0.3 is 5.97 Å². The van der Waals surface area contributed by atoms with Crippen LogP contribution in [0.2, 0.25) is 0 Å². The fourth-order valence-electron chi connectivity index (χ4n) is 4.89. The molecule has 0 aliphatic carbocycles. The maximum atomic E-state index is 13.2. The first kappa shape index (κ1) is 24.1. The van der Waals surface area contributed by atoms with E-state index in [4.69, 9.17) is 4.74 Å². The summed E-state index contributed by atoms with van der Waals surface area (Å²) in [6.45, 7) is 3.21. The zero-order valence-electron chi connectivity index (χ0n) is 19.2. The lowest BCUT2D eigenvalue weighted by Gasteiger charge is -2.42. The van der Waals surface area contributed by atoms with Gasteiger partial charge < -0.3 is 19.9 Å². The Balaban J connectivity index is 1.73. The lowest BCUT2D eigenvalue weighted by atomic mass is 9.96. The number of aryl methyl sites for hydroxylation is 1. The summed E-state index contributed by atoms with van der Waals surface area (Å²) in [7, 11) is 1.63. The number of H-pyrrole nitrogens is 1. The van der Waals surface area contributed by atoms with Gasteiger partial charge in [0.1, 0.15) is 5.75 Å². The highest BCUT2D eigenvalue weighted by molar-refractivity contribution is 5.89. The Bertz CT molecular complexity index is 1180. The molecule has 3 N–H and O–H groups in total. The number of methoxy groups -OCH3 is 1. The van der Waals surface area contributed by atoms with Crippen LogP contribution in [0.25, 0.3) is 10.9 Å². The van der Waals surface area contributed by atoms with Gasteiger partial charge in [-0.3, -0.25) is 9.80 Å². The molecule has 34 heavy (non-hydrogen) atoms. The number of hydrogen-bond acceptors (Lipinski definition) is 5. The van der Waals surface area contributed by atoms with Crippen molar-refractivity contribution in [3.05, 3.63) is 64.3 Å². The highest BCUT2D eigenvalue weighted by Gasteiger charge is 2.31. The molecule has 1 aliphatic heterocycles. The minimum absolute atomic E-state index is 0.0345. The Morgan fingerprint density at radius 2 is 2.06 bits per heavy atom. The van der Waals surface area contributed by atoms with E-state index in [1.54, 1.807) is 24.1 Å². The molecule has 1 saturated heterocycles. The lowest BCUT2D eigenvalue weighted by molar-refractivity contribution is 0.0245. The topological polar surface area (TPSA) is 89.0 Å². The van der Waals surface area contributed by atoms with Crippen molar-refractivity contribution in [3.63, 3.8) is 0 Å². The summed E-state index contributed by atoms with van der Waals surface area (Å²) >= 11 is 0. The van der Waals surface area contributed by atoms with Crippen LogP contribution >= 0.6 is 0 Å². The Morgan fingerprint density at radius 1 is 1.26 bits per heavy atom. The molecule has 0 bridgehead atoms. The predicted molar refractivity (Wildman–Crippen MR) is 125 cm³/mol. The Morgan fingerprint density at radius 3 is 2.74 bits per heavy atom. The molecule has 9 heteroatoms. The molecule has 182 valence electrons. The molecule has 1 aliphatic rings. The second-order valence-corrected chi connectivity index (χ2v) is 8.66. The zero-order chi connectivity index (χ0) is 24.4. The average molecular weight is 474 g/mol. The molecule has 7 nitrogen and oxygen atoms in total. The monoisotopic (exact) mass is 473 g/mol. The Labute approximate surface area is 196 Å². The maximum Gasteiger partial charge on any atom is 0.336 e. The van der Waals surface area contributed by atoms with Crippen LogP contribution in [0.4, 0.5) is 8.78 Å². The number of aromatic nitrogens is 1. The van der Waals surface area contributed by atoms with Crippen molar-refractivity contribution in [2.24, 2.45) is 0 Å². The van der Waals surface area contributed by atoms with Crippen LogP contribution in [0, 0.1) is 6.92 Å². The summed E-state index contributed by atoms with van der Waals surface area (Å²) in [5.41, 5.74) is 4.21. The molecule has 1 atom stereocenters. The molecular weight excluding hydrogens is 444 g/mol. The van der Waals surface area contributed by atoms with Crippen molar-refractivity contribution in [2.45, 2.75) is 32.5 Å². The van der Waals surface area contributed by atoms with Gasteiger partial charge in [0.05, 0.1) is 25.8 Å². The smallest absolute Gasteiger partial charge is 0.336 e. The second kappa shape index (κ2) is 10.1. The summed E-state index contributed by atoms with van der Waals surface area (Å²) in [6.07, 6.45) is -0.553. The number of fused-ring (bicyclic) bond motifs is 1. The molecule has 0 spiro atoms. The number of carbonyl (C=O) groups is 1. The summed E-state index contributed by atoms with van der Waals surface area (Å²) in [5.74, 6) is -0.356. The first-order valence-corrected chi connectivity index (χ1v) is 11.2. The van der Waals surface area contributed by atoms with Crippen LogP contribution < -0.4 is 4.74 Å². The fourth-order valence-corrected chi connectivity index (χ4v) is 4.89. The third-order valence-corrected chi connectivity index (χ3v) is 6.58. The summed E-state index contributed by atoms with van der Waals surface area (Å²) in [4.78, 5) is 18.7. The number of piperazine rings is 1. The van der Waals surface area contributed by atoms with Crippen molar-refractivity contribution in [3.8, 4) is 5.75 Å². The van der Waals surface area contributed by atoms with E-state index in [-0.39, 0.29) is 18.2 Å². The van der Waals surface area contributed by atoms with Gasteiger partial charge in [0.2, 0.25) is 0 Å². The van der Waals surface area contributed by atoms with E-state index in [9.17, 15) is 23.8 Å². The second-order valence-electron chi connectivity index (χ2n) is 8.66. The maximum absolute atomic E-state index is 13.2. The third kappa shape index (κ3) is 4.77. The number of benzene rings is 2. The standard InChI is InChI=1S/C25H29F2N3O4/c1-15-9-22(34-2)20(19-5-6-28-24(15)19)11-30-8-7-29(13-23(26)27)12-21(30)16-3-4-18(25(32)33)17(10-16)14-31/h3-6,9-10,21,23,28,31H,7-8,11-14H2,1-2H3,(H,32,33)/t21-/m1/s1. The SMILES string of the molecule is COc1cc(C)c2[nH]ccc2c1CN1CCN(CC(F)F)C[C@@H]1c1ccc(C(=O)O)c(CO)c1. The molecule has 0 unspecified atom stereocenters. The van der Waals surface area contributed by atoms with E-state index >= 15 is 0 Å². The van der Waals surface area contributed by atoms with E-state index in [1.165, 1.54) is 6.07 Å². The number of nitrogens with one attached hydrogen (secondary N) is 1. The largest absolute Gasteiger partial charge is 0.496 e. The molecule has 0 saturated carbocycles. The van der Waals surface area contributed by atoms with E-state index in [0.717, 1.165) is 33.3 Å². The van der Waals surface area contributed by atoms with Crippen LogP contribution in [0.1, 0.15) is 38.7 Å². The highest BCUT2D eigenvalue weighted by atomic mass is 19.3. The van der Waals surface area contributed by atoms with Gasteiger partial charge in [0, 0.05) is 54.9 Å². The minimum Gasteiger partial charge on any atom is -0.496 e. The zero-order valence-corrected chi connectivity index (χ0v) is 19.2. The van der Waals surface area contributed by atoms with Crippen molar-refractivity contribution >= 4 is 16.9 Å². The predicted octanol–water partition coefficient (Wildman–Crippen LogP) is 3.80. The van der Waals surface area contributed by atoms with Gasteiger partial charge in [0.25, 0.3) is 6.43 Å². The van der Waals surface area contributed by atoms with Crippen LogP contribution in [0.3, 0.4) is 0 Å². The van der Waals surface area contributed by atoms with Crippen LogP contribution in [-0.4, -0.2) is 70.7 Å². The number of alkyl halides is 2. The molecule has 1 fully saturated rings. The van der Waals surface area contributed by atoms with Gasteiger partial charge in [-0.25, -0.2) is 13.6 Å². The van der Waals surface area contributed by atoms with Crippen molar-refractivity contribution in [1.29, 1.82) is 0 Å². The van der Waals surface area contributed by atoms with Gasteiger partial charge in [0.15, 0.2) is 0 Å². The molecular formula is C25H29F2N3O4. The molecule has 2 aromatic carbocycles. The highest BCUT2D eigenvalue weighted by Crippen LogP contribution is 2.35. The summed E-state index contributed by atoms with van der Waals surface area (Å²) < 4.78 is 32.0. The molecule has 4 rings (SSSR count). The molecule has 0 amide bonds. The van der Waals surface area contributed by atoms with Gasteiger partial charge in [-0.05, 0) is 41.8 Å². The third-order valence-electron chi connectivity index (χ3n) is 6.58. The Kier molecular flexibility index (Phi) is 7.16. The van der Waals surface area contributed by atoms with Crippen molar-refractivity contribution in [1.82, 2.24) is 14.8 Å². The number of nitrogens with zero attached hydrogens (tertiary/aromatic N) is 2. The fraction of sp³-hybridized carbons (Fsp3) is 0.400. The minimum atomic E-state index is -2.44. The van der Waals surface area contributed by atoms with Crippen molar-refractivity contribution in [2.75, 3.05) is 33.3 Å². The van der Waals surface area contributed by atoms with E-state index in [1.807, 2.05) is 25.3 Å². The van der Waals surface area contributed by atoms with Gasteiger partial charge in [-0.1, -0.05) is 12.1 Å². The van der Waals surface area contributed by atoms with Crippen LogP contribution in [-0.2, 0) is 13.2 Å². The normalized spacial score (nSPS) is 17.5. The number of aromatic carboxylic acids is 1. The number of ether oxygens (including phenoxy) is 1. The van der Waals surface area contributed by atoms with Crippen molar-refractivity contribution < 1.29 is 28.5 Å². The molecule has 1 aromatic heterocycles. The van der Waals surface area contributed by atoms with Crippen LogP contribution in [0.5, 0.6) is 5.75 Å². The van der Waals surface area contributed by atoms with E-state index in [0.29, 0.717) is 31.7 Å². The number of hydrogen-bond donors (Lipinski definition) is 3. The number of aliphatic hydroxyl groups is 1. The number of carboxylic acid groups (broad SMARTS) is 1. The summed E-state index contributed by atoms with van der Waals surface area (Å²) in [5, 5.41) is 20.2. The number of rotatable bonds is 8.